The van der Waals surface area contributed by atoms with Crippen LogP contribution >= 0.6 is 0 Å². The summed E-state index contributed by atoms with van der Waals surface area (Å²) in [5.41, 5.74) is 3.30. The quantitative estimate of drug-likeness (QED) is 0.729. The smallest absolute Gasteiger partial charge is 0.234 e. The zero-order chi connectivity index (χ0) is 17.9. The number of fused-ring (bicyclic) bond motifs is 1. The Kier molecular flexibility index (Phi) is 4.65. The highest BCUT2D eigenvalue weighted by Crippen LogP contribution is 2.25. The number of carbonyl (C=O) groups excluding carboxylic acids is 1. The molecule has 4 rings (SSSR count). The normalized spacial score (nSPS) is 18.0. The van der Waals surface area contributed by atoms with Gasteiger partial charge < -0.3 is 4.90 Å². The third kappa shape index (κ3) is 3.45. The Morgan fingerprint density at radius 1 is 1.19 bits per heavy atom. The molecule has 4 heterocycles. The van der Waals surface area contributed by atoms with Gasteiger partial charge >= 0.3 is 0 Å². The summed E-state index contributed by atoms with van der Waals surface area (Å²) in [5, 5.41) is 0. The maximum atomic E-state index is 11.6. The number of imidazole rings is 1. The Balaban J connectivity index is 1.52. The average Bonchev–Trinajstić information content (AvgIpc) is 2.94. The first kappa shape index (κ1) is 16.7. The molecule has 0 spiro atoms. The zero-order valence-electron chi connectivity index (χ0n) is 15.0. The molecule has 3 aromatic heterocycles. The molecule has 0 N–H and O–H groups in total. The van der Waals surface area contributed by atoms with E-state index >= 15 is 0 Å². The van der Waals surface area contributed by atoms with Crippen molar-refractivity contribution in [3.05, 3.63) is 48.7 Å². The second-order valence-electron chi connectivity index (χ2n) is 7.02. The van der Waals surface area contributed by atoms with E-state index < -0.39 is 0 Å². The fraction of sp³-hybridized carbons (Fsp3) is 0.400. The highest BCUT2D eigenvalue weighted by Gasteiger charge is 2.19. The van der Waals surface area contributed by atoms with Gasteiger partial charge in [-0.05, 0) is 49.3 Å². The SMILES string of the molecule is CC(=O)N1CCC[C@H](Cc2cncc(-c3cnc4ncccn34)c2)CC1. The molecule has 134 valence electrons. The predicted molar refractivity (Wildman–Crippen MR) is 99.5 cm³/mol. The molecule has 0 radical (unpaired) electrons. The Bertz CT molecular complexity index is 919. The topological polar surface area (TPSA) is 63.4 Å². The maximum Gasteiger partial charge on any atom is 0.234 e. The van der Waals surface area contributed by atoms with E-state index in [0.717, 1.165) is 50.0 Å². The third-order valence-electron chi connectivity index (χ3n) is 5.20. The van der Waals surface area contributed by atoms with Crippen molar-refractivity contribution < 1.29 is 4.79 Å². The van der Waals surface area contributed by atoms with Gasteiger partial charge in [-0.2, -0.15) is 0 Å². The summed E-state index contributed by atoms with van der Waals surface area (Å²) in [4.78, 5) is 26.7. The number of pyridine rings is 1. The van der Waals surface area contributed by atoms with Crippen LogP contribution in [0.5, 0.6) is 0 Å². The molecule has 0 bridgehead atoms. The lowest BCUT2D eigenvalue weighted by molar-refractivity contribution is -0.128. The van der Waals surface area contributed by atoms with Gasteiger partial charge in [0.1, 0.15) is 0 Å². The fourth-order valence-corrected chi connectivity index (χ4v) is 3.80. The number of carbonyl (C=O) groups is 1. The summed E-state index contributed by atoms with van der Waals surface area (Å²) in [6.45, 7) is 3.42. The van der Waals surface area contributed by atoms with E-state index in [1.54, 1.807) is 13.1 Å². The van der Waals surface area contributed by atoms with Crippen LogP contribution in [0, 0.1) is 5.92 Å². The van der Waals surface area contributed by atoms with E-state index in [-0.39, 0.29) is 5.91 Å². The zero-order valence-corrected chi connectivity index (χ0v) is 15.0. The Labute approximate surface area is 152 Å². The van der Waals surface area contributed by atoms with Gasteiger partial charge in [0, 0.05) is 50.4 Å². The van der Waals surface area contributed by atoms with E-state index in [1.165, 1.54) is 5.56 Å². The van der Waals surface area contributed by atoms with Crippen molar-refractivity contribution in [2.45, 2.75) is 32.6 Å². The molecule has 3 aromatic rings. The average molecular weight is 349 g/mol. The minimum atomic E-state index is 0.190. The van der Waals surface area contributed by atoms with Crippen LogP contribution in [0.15, 0.2) is 43.1 Å². The van der Waals surface area contributed by atoms with E-state index in [1.807, 2.05) is 40.2 Å². The molecular formula is C20H23N5O. The number of rotatable bonds is 3. The van der Waals surface area contributed by atoms with Gasteiger partial charge in [0.2, 0.25) is 11.7 Å². The highest BCUT2D eigenvalue weighted by molar-refractivity contribution is 5.73. The van der Waals surface area contributed by atoms with E-state index in [9.17, 15) is 4.79 Å². The molecule has 1 fully saturated rings. The van der Waals surface area contributed by atoms with Crippen molar-refractivity contribution in [2.24, 2.45) is 5.92 Å². The van der Waals surface area contributed by atoms with Gasteiger partial charge in [-0.3, -0.25) is 14.2 Å². The first-order valence-electron chi connectivity index (χ1n) is 9.18. The Hall–Kier alpha value is -2.76. The van der Waals surface area contributed by atoms with Gasteiger partial charge in [0.05, 0.1) is 11.9 Å². The van der Waals surface area contributed by atoms with Crippen LogP contribution in [0.3, 0.4) is 0 Å². The minimum absolute atomic E-state index is 0.190. The molecule has 0 unspecified atom stereocenters. The second-order valence-corrected chi connectivity index (χ2v) is 7.02. The molecule has 0 aliphatic carbocycles. The van der Waals surface area contributed by atoms with Crippen LogP contribution < -0.4 is 0 Å². The lowest BCUT2D eigenvalue weighted by Gasteiger charge is -2.18. The molecule has 1 aliphatic rings. The number of hydrogen-bond acceptors (Lipinski definition) is 4. The molecule has 1 aliphatic heterocycles. The van der Waals surface area contributed by atoms with Gasteiger partial charge in [0.25, 0.3) is 0 Å². The maximum absolute atomic E-state index is 11.6. The van der Waals surface area contributed by atoms with Crippen LogP contribution in [0.2, 0.25) is 0 Å². The molecular weight excluding hydrogens is 326 g/mol. The molecule has 6 heteroatoms. The van der Waals surface area contributed by atoms with Gasteiger partial charge in [-0.1, -0.05) is 0 Å². The van der Waals surface area contributed by atoms with Gasteiger partial charge in [0.15, 0.2) is 0 Å². The van der Waals surface area contributed by atoms with Gasteiger partial charge in [-0.25, -0.2) is 9.97 Å². The molecule has 1 atom stereocenters. The molecule has 0 saturated carbocycles. The number of hydrogen-bond donors (Lipinski definition) is 0. The standard InChI is InChI=1S/C20H23N5O/c1-15(26)24-7-2-4-16(5-9-24)10-17-11-18(13-21-12-17)19-14-23-20-22-6-3-8-25(19)20/h3,6,8,11-14,16H,2,4-5,7,9-10H2,1H3/t16-/m0/s1. The highest BCUT2D eigenvalue weighted by atomic mass is 16.2. The third-order valence-corrected chi connectivity index (χ3v) is 5.20. The first-order valence-corrected chi connectivity index (χ1v) is 9.18. The van der Waals surface area contributed by atoms with Gasteiger partial charge in [-0.15, -0.1) is 0 Å². The van der Waals surface area contributed by atoms with Crippen molar-refractivity contribution in [3.63, 3.8) is 0 Å². The molecule has 1 saturated heterocycles. The molecule has 6 nitrogen and oxygen atoms in total. The summed E-state index contributed by atoms with van der Waals surface area (Å²) in [6.07, 6.45) is 13.7. The summed E-state index contributed by atoms with van der Waals surface area (Å²) in [5.74, 6) is 1.48. The summed E-state index contributed by atoms with van der Waals surface area (Å²) >= 11 is 0. The van der Waals surface area contributed by atoms with Crippen molar-refractivity contribution in [3.8, 4) is 11.3 Å². The summed E-state index contributed by atoms with van der Waals surface area (Å²) < 4.78 is 1.98. The fourth-order valence-electron chi connectivity index (χ4n) is 3.80. The molecule has 1 amide bonds. The van der Waals surface area contributed by atoms with E-state index in [2.05, 4.69) is 21.0 Å². The number of likely N-dealkylation sites (tertiary alicyclic amines) is 1. The van der Waals surface area contributed by atoms with Crippen LogP contribution in [0.4, 0.5) is 0 Å². The van der Waals surface area contributed by atoms with E-state index in [0.29, 0.717) is 11.7 Å². The van der Waals surface area contributed by atoms with Crippen molar-refractivity contribution >= 4 is 11.7 Å². The van der Waals surface area contributed by atoms with Crippen molar-refractivity contribution in [1.29, 1.82) is 0 Å². The van der Waals surface area contributed by atoms with Crippen LogP contribution in [0.25, 0.3) is 17.0 Å². The monoisotopic (exact) mass is 349 g/mol. The first-order chi connectivity index (χ1) is 12.7. The van der Waals surface area contributed by atoms with Crippen LogP contribution in [-0.4, -0.2) is 43.2 Å². The van der Waals surface area contributed by atoms with Crippen molar-refractivity contribution in [1.82, 2.24) is 24.3 Å². The largest absolute Gasteiger partial charge is 0.343 e. The molecule has 0 aromatic carbocycles. The molecule has 26 heavy (non-hydrogen) atoms. The van der Waals surface area contributed by atoms with E-state index in [4.69, 9.17) is 0 Å². The van der Waals surface area contributed by atoms with Crippen molar-refractivity contribution in [2.75, 3.05) is 13.1 Å². The minimum Gasteiger partial charge on any atom is -0.343 e. The summed E-state index contributed by atoms with van der Waals surface area (Å²) in [6, 6.07) is 4.11. The Morgan fingerprint density at radius 3 is 3.00 bits per heavy atom. The van der Waals surface area contributed by atoms with Crippen LogP contribution in [0.1, 0.15) is 31.7 Å². The lowest BCUT2D eigenvalue weighted by atomic mass is 9.93. The summed E-state index contributed by atoms with van der Waals surface area (Å²) in [7, 11) is 0. The van der Waals surface area contributed by atoms with Crippen LogP contribution in [-0.2, 0) is 11.2 Å². The Morgan fingerprint density at radius 2 is 2.12 bits per heavy atom. The predicted octanol–water partition coefficient (Wildman–Crippen LogP) is 2.98. The lowest BCUT2D eigenvalue weighted by Crippen LogP contribution is -2.29. The number of amides is 1. The number of nitrogens with zero attached hydrogens (tertiary/aromatic N) is 5. The second kappa shape index (κ2) is 7.23. The number of aromatic nitrogens is 4.